The average Bonchev–Trinajstić information content (AvgIpc) is 3.40. The first-order chi connectivity index (χ1) is 17.3. The van der Waals surface area contributed by atoms with Gasteiger partial charge < -0.3 is 13.7 Å². The first kappa shape index (κ1) is 20.6. The molecule has 168 valence electrons. The lowest BCUT2D eigenvalue weighted by Crippen LogP contribution is -2.10. The van der Waals surface area contributed by atoms with Gasteiger partial charge in [0.2, 0.25) is 11.4 Å². The molecule has 0 saturated heterocycles. The van der Waals surface area contributed by atoms with Crippen LogP contribution in [-0.2, 0) is 0 Å². The zero-order valence-corrected chi connectivity index (χ0v) is 18.6. The Morgan fingerprint density at radius 1 is 0.571 bits per heavy atom. The standard InChI is InChI=1S/C29H20N4O2/c30-27-25(29-32-31-28(35-29)20-10-4-1-5-11-20)18-21-16-17-24(19-26(21)34-27)33(22-12-6-2-7-13-22)23-14-8-3-9-15-23/h1-19,30H. The molecule has 0 fully saturated rings. The molecule has 1 N–H and O–H groups in total. The largest absolute Gasteiger partial charge is 0.438 e. The molecular weight excluding hydrogens is 436 g/mol. The first-order valence-electron chi connectivity index (χ1n) is 11.2. The molecule has 0 atom stereocenters. The van der Waals surface area contributed by atoms with Crippen molar-refractivity contribution in [3.05, 3.63) is 121 Å². The number of hydrogen-bond acceptors (Lipinski definition) is 6. The zero-order chi connectivity index (χ0) is 23.6. The Morgan fingerprint density at radius 3 is 1.83 bits per heavy atom. The normalized spacial score (nSPS) is 11.0. The van der Waals surface area contributed by atoms with Crippen molar-refractivity contribution in [2.45, 2.75) is 0 Å². The molecule has 6 aromatic rings. The number of benzene rings is 4. The minimum absolute atomic E-state index is 0.0381. The van der Waals surface area contributed by atoms with Crippen LogP contribution < -0.4 is 10.5 Å². The number of fused-ring (bicyclic) bond motifs is 1. The maximum atomic E-state index is 8.50. The van der Waals surface area contributed by atoms with Gasteiger partial charge in [-0.2, -0.15) is 0 Å². The van der Waals surface area contributed by atoms with E-state index in [1.165, 1.54) is 0 Å². The predicted octanol–water partition coefficient (Wildman–Crippen LogP) is 7.10. The van der Waals surface area contributed by atoms with E-state index >= 15 is 0 Å². The van der Waals surface area contributed by atoms with Gasteiger partial charge in [-0.15, -0.1) is 10.2 Å². The van der Waals surface area contributed by atoms with Crippen molar-refractivity contribution in [3.8, 4) is 22.9 Å². The second-order valence-electron chi connectivity index (χ2n) is 8.00. The number of hydrogen-bond donors (Lipinski definition) is 1. The number of aromatic nitrogens is 2. The van der Waals surface area contributed by atoms with Crippen LogP contribution in [0.3, 0.4) is 0 Å². The molecular formula is C29H20N4O2. The highest BCUT2D eigenvalue weighted by molar-refractivity contribution is 5.87. The number of rotatable bonds is 5. The van der Waals surface area contributed by atoms with Crippen LogP contribution in [0, 0.1) is 5.41 Å². The summed E-state index contributed by atoms with van der Waals surface area (Å²) in [4.78, 5) is 2.15. The maximum Gasteiger partial charge on any atom is 0.253 e. The predicted molar refractivity (Wildman–Crippen MR) is 135 cm³/mol. The molecule has 35 heavy (non-hydrogen) atoms. The molecule has 0 saturated carbocycles. The van der Waals surface area contributed by atoms with Gasteiger partial charge in [-0.1, -0.05) is 54.6 Å². The Balaban J connectivity index is 1.42. The van der Waals surface area contributed by atoms with Gasteiger partial charge in [0.1, 0.15) is 11.1 Å². The minimum atomic E-state index is -0.0381. The van der Waals surface area contributed by atoms with E-state index in [-0.39, 0.29) is 11.4 Å². The Labute approximate surface area is 201 Å². The van der Waals surface area contributed by atoms with Crippen molar-refractivity contribution in [2.75, 3.05) is 4.90 Å². The molecule has 6 nitrogen and oxygen atoms in total. The summed E-state index contributed by atoms with van der Waals surface area (Å²) in [6.07, 6.45) is 0. The van der Waals surface area contributed by atoms with Crippen molar-refractivity contribution in [3.63, 3.8) is 0 Å². The highest BCUT2D eigenvalue weighted by atomic mass is 16.4. The van der Waals surface area contributed by atoms with Gasteiger partial charge in [0.15, 0.2) is 0 Å². The van der Waals surface area contributed by atoms with E-state index in [0.29, 0.717) is 17.0 Å². The summed E-state index contributed by atoms with van der Waals surface area (Å²) in [5.74, 6) is 0.649. The van der Waals surface area contributed by atoms with Crippen molar-refractivity contribution in [2.24, 2.45) is 0 Å². The summed E-state index contributed by atoms with van der Waals surface area (Å²) >= 11 is 0. The summed E-state index contributed by atoms with van der Waals surface area (Å²) in [5.41, 5.74) is 4.81. The van der Waals surface area contributed by atoms with Gasteiger partial charge in [0.05, 0.1) is 0 Å². The molecule has 0 bridgehead atoms. The second kappa shape index (κ2) is 8.76. The van der Waals surface area contributed by atoms with Gasteiger partial charge in [0, 0.05) is 34.1 Å². The van der Waals surface area contributed by atoms with E-state index in [0.717, 1.165) is 28.0 Å². The fraction of sp³-hybridized carbons (Fsp3) is 0. The molecule has 0 aliphatic heterocycles. The second-order valence-corrected chi connectivity index (χ2v) is 8.00. The van der Waals surface area contributed by atoms with Crippen LogP contribution in [0.1, 0.15) is 0 Å². The maximum absolute atomic E-state index is 8.50. The summed E-state index contributed by atoms with van der Waals surface area (Å²) in [5, 5.41) is 17.6. The molecule has 0 spiro atoms. The number of nitrogens with zero attached hydrogens (tertiary/aromatic N) is 3. The van der Waals surface area contributed by atoms with E-state index in [1.807, 2.05) is 91.0 Å². The van der Waals surface area contributed by atoms with Crippen LogP contribution in [0.2, 0.25) is 0 Å². The lowest BCUT2D eigenvalue weighted by atomic mass is 10.1. The van der Waals surface area contributed by atoms with Gasteiger partial charge in [-0.05, 0) is 54.6 Å². The van der Waals surface area contributed by atoms with Crippen LogP contribution in [0.25, 0.3) is 33.9 Å². The molecule has 2 heterocycles. The first-order valence-corrected chi connectivity index (χ1v) is 11.2. The number of nitrogens with one attached hydrogen (secondary N) is 1. The minimum Gasteiger partial charge on any atom is -0.438 e. The van der Waals surface area contributed by atoms with Crippen molar-refractivity contribution in [1.29, 1.82) is 5.41 Å². The third-order valence-corrected chi connectivity index (χ3v) is 5.72. The summed E-state index contributed by atoms with van der Waals surface area (Å²) in [7, 11) is 0. The molecule has 4 aromatic carbocycles. The molecule has 0 amide bonds. The Morgan fingerprint density at radius 2 is 1.17 bits per heavy atom. The topological polar surface area (TPSA) is 79.2 Å². The van der Waals surface area contributed by atoms with E-state index < -0.39 is 0 Å². The molecule has 2 aromatic heterocycles. The van der Waals surface area contributed by atoms with Crippen molar-refractivity contribution < 1.29 is 8.83 Å². The highest BCUT2D eigenvalue weighted by Gasteiger charge is 2.16. The molecule has 6 rings (SSSR count). The van der Waals surface area contributed by atoms with Crippen LogP contribution in [-0.4, -0.2) is 10.2 Å². The molecule has 0 aliphatic rings. The van der Waals surface area contributed by atoms with Gasteiger partial charge in [-0.3, -0.25) is 5.41 Å². The van der Waals surface area contributed by atoms with Crippen molar-refractivity contribution >= 4 is 28.0 Å². The third-order valence-electron chi connectivity index (χ3n) is 5.72. The molecule has 0 unspecified atom stereocenters. The fourth-order valence-electron chi connectivity index (χ4n) is 4.05. The molecule has 6 heteroatoms. The van der Waals surface area contributed by atoms with Crippen LogP contribution in [0.4, 0.5) is 17.1 Å². The van der Waals surface area contributed by atoms with Crippen LogP contribution in [0.15, 0.2) is 124 Å². The Hall–Kier alpha value is -4.97. The zero-order valence-electron chi connectivity index (χ0n) is 18.6. The monoisotopic (exact) mass is 456 g/mol. The summed E-state index contributed by atoms with van der Waals surface area (Å²) in [6, 6.07) is 37.6. The summed E-state index contributed by atoms with van der Waals surface area (Å²) < 4.78 is 11.8. The lowest BCUT2D eigenvalue weighted by molar-refractivity contribution is 0.525. The van der Waals surface area contributed by atoms with Gasteiger partial charge in [0.25, 0.3) is 5.89 Å². The Kier molecular flexibility index (Phi) is 5.16. The Bertz CT molecular complexity index is 1620. The van der Waals surface area contributed by atoms with Crippen LogP contribution >= 0.6 is 0 Å². The quantitative estimate of drug-likeness (QED) is 0.299. The summed E-state index contributed by atoms with van der Waals surface area (Å²) in [6.45, 7) is 0. The lowest BCUT2D eigenvalue weighted by Gasteiger charge is -2.25. The fourth-order valence-corrected chi connectivity index (χ4v) is 4.05. The number of anilines is 3. The average molecular weight is 457 g/mol. The van der Waals surface area contributed by atoms with E-state index in [2.05, 4.69) is 39.4 Å². The van der Waals surface area contributed by atoms with E-state index in [9.17, 15) is 0 Å². The smallest absolute Gasteiger partial charge is 0.253 e. The van der Waals surface area contributed by atoms with Crippen LogP contribution in [0.5, 0.6) is 0 Å². The van der Waals surface area contributed by atoms with E-state index in [4.69, 9.17) is 14.2 Å². The van der Waals surface area contributed by atoms with Gasteiger partial charge >= 0.3 is 0 Å². The third kappa shape index (κ3) is 3.98. The van der Waals surface area contributed by atoms with Gasteiger partial charge in [-0.25, -0.2) is 0 Å². The van der Waals surface area contributed by atoms with Crippen molar-refractivity contribution in [1.82, 2.24) is 10.2 Å². The SMILES string of the molecule is N=c1oc2cc(N(c3ccccc3)c3ccccc3)ccc2cc1-c1nnc(-c2ccccc2)o1. The number of para-hydroxylation sites is 2. The van der Waals surface area contributed by atoms with E-state index in [1.54, 1.807) is 0 Å². The molecule has 0 aliphatic carbocycles. The molecule has 0 radical (unpaired) electrons. The highest BCUT2D eigenvalue weighted by Crippen LogP contribution is 2.36.